The number of terminal acetylenes is 1. The number of pyridine rings is 1. The molecule has 0 saturated carbocycles. The molecule has 2 aromatic carbocycles. The predicted octanol–water partition coefficient (Wildman–Crippen LogP) is 3.62. The van der Waals surface area contributed by atoms with Gasteiger partial charge >= 0.3 is 0 Å². The van der Waals surface area contributed by atoms with Crippen LogP contribution in [-0.2, 0) is 11.2 Å². The summed E-state index contributed by atoms with van der Waals surface area (Å²) < 4.78 is 5.34. The van der Waals surface area contributed by atoms with Gasteiger partial charge in [-0.15, -0.1) is 6.42 Å². The maximum atomic E-state index is 12.1. The Labute approximate surface area is 158 Å². The summed E-state index contributed by atoms with van der Waals surface area (Å²) in [5.74, 6) is 3.05. The summed E-state index contributed by atoms with van der Waals surface area (Å²) in [6, 6.07) is 17.5. The Kier molecular flexibility index (Phi) is 6.21. The number of rotatable bonds is 7. The highest BCUT2D eigenvalue weighted by molar-refractivity contribution is 5.95. The molecule has 1 heterocycles. The minimum Gasteiger partial charge on any atom is -0.481 e. The van der Waals surface area contributed by atoms with Crippen LogP contribution in [0, 0.1) is 12.3 Å². The molecule has 3 aromatic rings. The molecule has 4 heteroatoms. The van der Waals surface area contributed by atoms with Crippen LogP contribution in [0.3, 0.4) is 0 Å². The summed E-state index contributed by atoms with van der Waals surface area (Å²) in [6.45, 7) is 0.815. The maximum absolute atomic E-state index is 12.1. The zero-order chi connectivity index (χ0) is 18.9. The van der Waals surface area contributed by atoms with Gasteiger partial charge < -0.3 is 10.1 Å². The van der Waals surface area contributed by atoms with E-state index in [-0.39, 0.29) is 12.5 Å². The summed E-state index contributed by atoms with van der Waals surface area (Å²) in [7, 11) is 0. The van der Waals surface area contributed by atoms with Crippen molar-refractivity contribution in [3.8, 4) is 18.1 Å². The molecule has 0 aliphatic rings. The molecule has 0 atom stereocenters. The molecule has 0 fully saturated rings. The molecule has 27 heavy (non-hydrogen) atoms. The lowest BCUT2D eigenvalue weighted by molar-refractivity contribution is -0.116. The van der Waals surface area contributed by atoms with E-state index in [9.17, 15) is 4.79 Å². The fraction of sp³-hybridized carbons (Fsp3) is 0.130. The Morgan fingerprint density at radius 2 is 1.96 bits per heavy atom. The van der Waals surface area contributed by atoms with Crippen molar-refractivity contribution in [1.29, 1.82) is 0 Å². The minimum absolute atomic E-state index is 0.128. The first-order valence-corrected chi connectivity index (χ1v) is 8.71. The van der Waals surface area contributed by atoms with E-state index in [0.717, 1.165) is 34.2 Å². The van der Waals surface area contributed by atoms with E-state index in [0.29, 0.717) is 6.54 Å². The van der Waals surface area contributed by atoms with Crippen LogP contribution in [0.1, 0.15) is 11.1 Å². The number of para-hydroxylation sites is 1. The number of fused-ring (bicyclic) bond motifs is 1. The summed E-state index contributed by atoms with van der Waals surface area (Å²) >= 11 is 0. The maximum Gasteiger partial charge on any atom is 0.244 e. The molecule has 4 nitrogen and oxygen atoms in total. The second-order valence-corrected chi connectivity index (χ2v) is 5.93. The minimum atomic E-state index is -0.128. The van der Waals surface area contributed by atoms with Gasteiger partial charge in [-0.25, -0.2) is 0 Å². The number of benzene rings is 2. The van der Waals surface area contributed by atoms with E-state index in [1.807, 2.05) is 54.6 Å². The van der Waals surface area contributed by atoms with E-state index in [1.165, 1.54) is 0 Å². The van der Waals surface area contributed by atoms with Gasteiger partial charge in [-0.05, 0) is 36.3 Å². The second-order valence-electron chi connectivity index (χ2n) is 5.93. The number of hydrogen-bond donors (Lipinski definition) is 1. The van der Waals surface area contributed by atoms with Crippen LogP contribution < -0.4 is 10.1 Å². The number of aromatic nitrogens is 1. The molecule has 1 aromatic heterocycles. The fourth-order valence-corrected chi connectivity index (χ4v) is 2.69. The van der Waals surface area contributed by atoms with Gasteiger partial charge in [0.25, 0.3) is 0 Å². The van der Waals surface area contributed by atoms with Gasteiger partial charge in [0.2, 0.25) is 5.91 Å². The van der Waals surface area contributed by atoms with Gasteiger partial charge in [-0.1, -0.05) is 42.3 Å². The molecule has 0 spiro atoms. The van der Waals surface area contributed by atoms with Crippen molar-refractivity contribution in [2.24, 2.45) is 0 Å². The first-order valence-electron chi connectivity index (χ1n) is 8.71. The number of hydrogen-bond acceptors (Lipinski definition) is 3. The van der Waals surface area contributed by atoms with Crippen LogP contribution in [0.25, 0.3) is 17.0 Å². The van der Waals surface area contributed by atoms with Crippen molar-refractivity contribution in [2.75, 3.05) is 13.2 Å². The summed E-state index contributed by atoms with van der Waals surface area (Å²) in [4.78, 5) is 16.4. The average Bonchev–Trinajstić information content (AvgIpc) is 2.71. The Morgan fingerprint density at radius 3 is 2.78 bits per heavy atom. The van der Waals surface area contributed by atoms with Gasteiger partial charge in [0.15, 0.2) is 0 Å². The van der Waals surface area contributed by atoms with Gasteiger partial charge in [-0.2, -0.15) is 0 Å². The van der Waals surface area contributed by atoms with Crippen molar-refractivity contribution in [3.05, 3.63) is 78.0 Å². The molecule has 1 amide bonds. The van der Waals surface area contributed by atoms with Crippen LogP contribution in [0.4, 0.5) is 0 Å². The zero-order valence-electron chi connectivity index (χ0n) is 14.9. The number of nitrogens with one attached hydrogen (secondary N) is 1. The Bertz CT molecular complexity index is 980. The molecule has 0 aliphatic heterocycles. The number of amides is 1. The lowest BCUT2D eigenvalue weighted by Crippen LogP contribution is -2.23. The summed E-state index contributed by atoms with van der Waals surface area (Å²) in [5.41, 5.74) is 2.92. The third-order valence-electron chi connectivity index (χ3n) is 4.04. The number of ether oxygens (including phenoxy) is 1. The zero-order valence-corrected chi connectivity index (χ0v) is 14.9. The van der Waals surface area contributed by atoms with Crippen LogP contribution in [-0.4, -0.2) is 24.0 Å². The van der Waals surface area contributed by atoms with Gasteiger partial charge in [-0.3, -0.25) is 9.78 Å². The Balaban J connectivity index is 1.51. The van der Waals surface area contributed by atoms with Crippen LogP contribution in [0.2, 0.25) is 0 Å². The summed E-state index contributed by atoms with van der Waals surface area (Å²) in [5, 5.41) is 3.95. The SMILES string of the molecule is C#CCOc1ccc(CCNC(=O)/C=C\c2cccc3cccnc23)cc1. The second kappa shape index (κ2) is 9.21. The van der Waals surface area contributed by atoms with Crippen LogP contribution in [0.15, 0.2) is 66.9 Å². The standard InChI is InChI=1S/C23H20N2O2/c1-2-17-27-21-11-8-18(9-12-21)14-16-24-22(26)13-10-20-6-3-5-19-7-4-15-25-23(19)20/h1,3-13,15H,14,16-17H2,(H,24,26)/b13-10-. The van der Waals surface area contributed by atoms with E-state index >= 15 is 0 Å². The molecular formula is C23H20N2O2. The molecule has 3 rings (SSSR count). The number of carbonyl (C=O) groups is 1. The molecule has 0 radical (unpaired) electrons. The monoisotopic (exact) mass is 356 g/mol. The summed E-state index contributed by atoms with van der Waals surface area (Å²) in [6.07, 6.45) is 11.0. The van der Waals surface area contributed by atoms with Gasteiger partial charge in [0.1, 0.15) is 12.4 Å². The first kappa shape index (κ1) is 18.2. The highest BCUT2D eigenvalue weighted by Crippen LogP contribution is 2.17. The Hall–Kier alpha value is -3.58. The van der Waals surface area contributed by atoms with E-state index in [2.05, 4.69) is 16.2 Å². The average molecular weight is 356 g/mol. The molecule has 0 unspecified atom stereocenters. The molecule has 0 saturated heterocycles. The molecule has 0 aliphatic carbocycles. The molecular weight excluding hydrogens is 336 g/mol. The van der Waals surface area contributed by atoms with E-state index in [1.54, 1.807) is 18.3 Å². The fourth-order valence-electron chi connectivity index (χ4n) is 2.69. The molecule has 134 valence electrons. The normalized spacial score (nSPS) is 10.6. The third kappa shape index (κ3) is 5.20. The molecule has 0 bridgehead atoms. The third-order valence-corrected chi connectivity index (χ3v) is 4.04. The smallest absolute Gasteiger partial charge is 0.244 e. The number of carbonyl (C=O) groups excluding carboxylic acids is 1. The van der Waals surface area contributed by atoms with Crippen molar-refractivity contribution >= 4 is 22.9 Å². The predicted molar refractivity (Wildman–Crippen MR) is 108 cm³/mol. The topological polar surface area (TPSA) is 51.2 Å². The number of nitrogens with zero attached hydrogens (tertiary/aromatic N) is 1. The quantitative estimate of drug-likeness (QED) is 0.520. The van der Waals surface area contributed by atoms with E-state index < -0.39 is 0 Å². The first-order chi connectivity index (χ1) is 13.3. The van der Waals surface area contributed by atoms with Gasteiger partial charge in [0.05, 0.1) is 5.52 Å². The Morgan fingerprint density at radius 1 is 1.15 bits per heavy atom. The van der Waals surface area contributed by atoms with Crippen molar-refractivity contribution in [1.82, 2.24) is 10.3 Å². The largest absolute Gasteiger partial charge is 0.481 e. The van der Waals surface area contributed by atoms with Crippen molar-refractivity contribution < 1.29 is 9.53 Å². The van der Waals surface area contributed by atoms with Crippen LogP contribution in [0.5, 0.6) is 5.75 Å². The van der Waals surface area contributed by atoms with Crippen LogP contribution >= 0.6 is 0 Å². The highest BCUT2D eigenvalue weighted by Gasteiger charge is 2.01. The van der Waals surface area contributed by atoms with Crippen molar-refractivity contribution in [2.45, 2.75) is 6.42 Å². The van der Waals surface area contributed by atoms with Crippen molar-refractivity contribution in [3.63, 3.8) is 0 Å². The highest BCUT2D eigenvalue weighted by atomic mass is 16.5. The van der Waals surface area contributed by atoms with E-state index in [4.69, 9.17) is 11.2 Å². The lowest BCUT2D eigenvalue weighted by atomic mass is 10.1. The van der Waals surface area contributed by atoms with Gasteiger partial charge in [0, 0.05) is 29.8 Å². The lowest BCUT2D eigenvalue weighted by Gasteiger charge is -2.05. The molecule has 1 N–H and O–H groups in total.